The number of hydrogen-bond donors (Lipinski definition) is 1. The van der Waals surface area contributed by atoms with Gasteiger partial charge in [-0.3, -0.25) is 14.6 Å². The highest BCUT2D eigenvalue weighted by Gasteiger charge is 2.15. The van der Waals surface area contributed by atoms with Crippen LogP contribution in [-0.4, -0.2) is 26.8 Å². The Balaban J connectivity index is 2.21. The fraction of sp³-hybridized carbons (Fsp3) is 0.500. The number of aryl methyl sites for hydroxylation is 3. The van der Waals surface area contributed by atoms with E-state index in [2.05, 4.69) is 33.4 Å². The van der Waals surface area contributed by atoms with Gasteiger partial charge in [-0.25, -0.2) is 0 Å². The van der Waals surface area contributed by atoms with Crippen LogP contribution < -0.4 is 5.32 Å². The van der Waals surface area contributed by atoms with Gasteiger partial charge < -0.3 is 5.32 Å². The Bertz CT molecular complexity index is 529. The molecule has 5 heteroatoms. The molecule has 1 atom stereocenters. The molecule has 0 spiro atoms. The second kappa shape index (κ2) is 5.93. The molecule has 0 bridgehead atoms. The van der Waals surface area contributed by atoms with E-state index in [-0.39, 0.29) is 6.04 Å². The number of rotatable bonds is 5. The van der Waals surface area contributed by atoms with Crippen LogP contribution in [0.5, 0.6) is 0 Å². The molecule has 0 saturated heterocycles. The Morgan fingerprint density at radius 1 is 1.21 bits per heavy atom. The monoisotopic (exact) mass is 259 g/mol. The minimum Gasteiger partial charge on any atom is -0.311 e. The van der Waals surface area contributed by atoms with E-state index in [1.165, 1.54) is 5.69 Å². The van der Waals surface area contributed by atoms with Crippen molar-refractivity contribution in [1.29, 1.82) is 0 Å². The van der Waals surface area contributed by atoms with E-state index in [0.29, 0.717) is 0 Å². The second-order valence-corrected chi connectivity index (χ2v) is 4.72. The summed E-state index contributed by atoms with van der Waals surface area (Å²) in [7, 11) is 1.95. The summed E-state index contributed by atoms with van der Waals surface area (Å²) >= 11 is 0. The zero-order valence-electron chi connectivity index (χ0n) is 12.0. The normalized spacial score (nSPS) is 12.6. The first-order valence-electron chi connectivity index (χ1n) is 6.63. The molecule has 102 valence electrons. The highest BCUT2D eigenvalue weighted by Crippen LogP contribution is 2.16. The van der Waals surface area contributed by atoms with Gasteiger partial charge in [0, 0.05) is 24.9 Å². The van der Waals surface area contributed by atoms with E-state index in [1.54, 1.807) is 0 Å². The summed E-state index contributed by atoms with van der Waals surface area (Å²) in [6.07, 6.45) is 4.51. The second-order valence-electron chi connectivity index (χ2n) is 4.72. The Morgan fingerprint density at radius 2 is 2.00 bits per heavy atom. The molecular weight excluding hydrogens is 238 g/mol. The van der Waals surface area contributed by atoms with Crippen molar-refractivity contribution in [2.45, 2.75) is 39.8 Å². The fourth-order valence-electron chi connectivity index (χ4n) is 2.18. The van der Waals surface area contributed by atoms with E-state index in [1.807, 2.05) is 38.0 Å². The summed E-state index contributed by atoms with van der Waals surface area (Å²) in [4.78, 5) is 8.77. The lowest BCUT2D eigenvalue weighted by atomic mass is 10.1. The van der Waals surface area contributed by atoms with Gasteiger partial charge in [0.2, 0.25) is 0 Å². The van der Waals surface area contributed by atoms with E-state index in [4.69, 9.17) is 0 Å². The highest BCUT2D eigenvalue weighted by molar-refractivity contribution is 5.14. The van der Waals surface area contributed by atoms with Crippen LogP contribution in [0.4, 0.5) is 0 Å². The van der Waals surface area contributed by atoms with Gasteiger partial charge >= 0.3 is 0 Å². The van der Waals surface area contributed by atoms with Crippen LogP contribution in [0, 0.1) is 13.8 Å². The van der Waals surface area contributed by atoms with Crippen LogP contribution in [0.1, 0.15) is 35.7 Å². The minimum atomic E-state index is 0.162. The quantitative estimate of drug-likeness (QED) is 0.889. The first-order valence-corrected chi connectivity index (χ1v) is 6.63. The van der Waals surface area contributed by atoms with E-state index in [0.717, 1.165) is 30.0 Å². The minimum absolute atomic E-state index is 0.162. The molecule has 2 aromatic rings. The molecule has 2 aromatic heterocycles. The number of likely N-dealkylation sites (N-methyl/N-ethyl adjacent to an activating group) is 1. The lowest BCUT2D eigenvalue weighted by Crippen LogP contribution is -2.21. The van der Waals surface area contributed by atoms with Gasteiger partial charge in [0.05, 0.1) is 29.3 Å². The molecule has 0 aliphatic heterocycles. The summed E-state index contributed by atoms with van der Waals surface area (Å²) in [5.41, 5.74) is 4.19. The van der Waals surface area contributed by atoms with Crippen LogP contribution in [-0.2, 0) is 13.0 Å². The summed E-state index contributed by atoms with van der Waals surface area (Å²) < 4.78 is 2.04. The largest absolute Gasteiger partial charge is 0.311 e. The van der Waals surface area contributed by atoms with Crippen molar-refractivity contribution in [2.24, 2.45) is 0 Å². The Kier molecular flexibility index (Phi) is 4.27. The zero-order valence-corrected chi connectivity index (χ0v) is 12.0. The molecule has 2 rings (SSSR count). The number of hydrogen-bond acceptors (Lipinski definition) is 4. The Hall–Kier alpha value is -1.75. The molecule has 0 amide bonds. The van der Waals surface area contributed by atoms with Gasteiger partial charge in [-0.1, -0.05) is 0 Å². The van der Waals surface area contributed by atoms with Crippen molar-refractivity contribution in [3.63, 3.8) is 0 Å². The van der Waals surface area contributed by atoms with Gasteiger partial charge in [0.15, 0.2) is 0 Å². The first-order chi connectivity index (χ1) is 9.13. The maximum Gasteiger partial charge on any atom is 0.0760 e. The van der Waals surface area contributed by atoms with Gasteiger partial charge in [-0.2, -0.15) is 5.10 Å². The van der Waals surface area contributed by atoms with Crippen molar-refractivity contribution < 1.29 is 0 Å². The van der Waals surface area contributed by atoms with Gasteiger partial charge in [-0.15, -0.1) is 0 Å². The average Bonchev–Trinajstić information content (AvgIpc) is 2.77. The van der Waals surface area contributed by atoms with Crippen LogP contribution in [0.2, 0.25) is 0 Å². The maximum atomic E-state index is 4.48. The molecule has 0 radical (unpaired) electrons. The molecule has 1 N–H and O–H groups in total. The number of nitrogens with zero attached hydrogens (tertiary/aromatic N) is 4. The third-order valence-electron chi connectivity index (χ3n) is 3.20. The average molecular weight is 259 g/mol. The lowest BCUT2D eigenvalue weighted by molar-refractivity contribution is 0.530. The zero-order chi connectivity index (χ0) is 13.8. The van der Waals surface area contributed by atoms with Gasteiger partial charge in [0.25, 0.3) is 0 Å². The third kappa shape index (κ3) is 3.17. The van der Waals surface area contributed by atoms with E-state index < -0.39 is 0 Å². The number of aromatic nitrogens is 4. The molecule has 0 aliphatic rings. The molecular formula is C14H21N5. The topological polar surface area (TPSA) is 55.6 Å². The predicted molar refractivity (Wildman–Crippen MR) is 74.9 cm³/mol. The molecule has 1 unspecified atom stereocenters. The first kappa shape index (κ1) is 13.7. The Labute approximate surface area is 114 Å². The van der Waals surface area contributed by atoms with Crippen LogP contribution in [0.15, 0.2) is 18.5 Å². The van der Waals surface area contributed by atoms with Gasteiger partial charge in [-0.05, 0) is 33.9 Å². The van der Waals surface area contributed by atoms with Crippen LogP contribution in [0.25, 0.3) is 0 Å². The molecule has 19 heavy (non-hydrogen) atoms. The molecule has 2 heterocycles. The molecule has 5 nitrogen and oxygen atoms in total. The fourth-order valence-corrected chi connectivity index (χ4v) is 2.18. The smallest absolute Gasteiger partial charge is 0.0760 e. The van der Waals surface area contributed by atoms with Crippen molar-refractivity contribution in [3.05, 3.63) is 41.2 Å². The predicted octanol–water partition coefficient (Wildman–Crippen LogP) is 1.81. The summed E-state index contributed by atoms with van der Waals surface area (Å²) in [5.74, 6) is 0. The van der Waals surface area contributed by atoms with Crippen LogP contribution in [0.3, 0.4) is 0 Å². The van der Waals surface area contributed by atoms with Crippen LogP contribution >= 0.6 is 0 Å². The van der Waals surface area contributed by atoms with Crippen molar-refractivity contribution >= 4 is 0 Å². The van der Waals surface area contributed by atoms with Gasteiger partial charge in [0.1, 0.15) is 0 Å². The van der Waals surface area contributed by atoms with Crippen molar-refractivity contribution in [2.75, 3.05) is 7.05 Å². The lowest BCUT2D eigenvalue weighted by Gasteiger charge is -2.16. The molecule has 0 saturated carbocycles. The molecule has 0 fully saturated rings. The standard InChI is InChI=1S/C14H21N5/c1-5-19-12(6-10(2)18-19)7-13(15-4)14-9-16-11(3)8-17-14/h6,8-9,13,15H,5,7H2,1-4H3. The summed E-state index contributed by atoms with van der Waals surface area (Å²) in [6.45, 7) is 6.96. The maximum absolute atomic E-state index is 4.48. The highest BCUT2D eigenvalue weighted by atomic mass is 15.3. The van der Waals surface area contributed by atoms with Crippen molar-refractivity contribution in [3.8, 4) is 0 Å². The SMILES string of the molecule is CCn1nc(C)cc1CC(NC)c1cnc(C)cn1. The number of nitrogens with one attached hydrogen (secondary N) is 1. The Morgan fingerprint density at radius 3 is 2.58 bits per heavy atom. The third-order valence-corrected chi connectivity index (χ3v) is 3.20. The molecule has 0 aromatic carbocycles. The summed E-state index contributed by atoms with van der Waals surface area (Å²) in [5, 5.41) is 7.78. The van der Waals surface area contributed by atoms with E-state index >= 15 is 0 Å². The summed E-state index contributed by atoms with van der Waals surface area (Å²) in [6, 6.07) is 2.30. The molecule has 0 aliphatic carbocycles. The van der Waals surface area contributed by atoms with Crippen molar-refractivity contribution in [1.82, 2.24) is 25.1 Å². The van der Waals surface area contributed by atoms with E-state index in [9.17, 15) is 0 Å².